The van der Waals surface area contributed by atoms with E-state index in [0.717, 1.165) is 22.3 Å². The molecular weight excluding hydrogens is 448 g/mol. The molecule has 0 amide bonds. The zero-order valence-corrected chi connectivity index (χ0v) is 19.2. The van der Waals surface area contributed by atoms with Crippen LogP contribution in [0, 0.1) is 0 Å². The highest BCUT2D eigenvalue weighted by atomic mass is 16.7. The molecule has 8 atom stereocenters. The molecule has 3 aliphatic rings. The molecule has 2 aromatic rings. The number of fused-ring (bicyclic) bond motifs is 2. The molecule has 0 saturated carbocycles. The van der Waals surface area contributed by atoms with E-state index in [1.165, 1.54) is 0 Å². The monoisotopic (exact) mass is 478 g/mol. The van der Waals surface area contributed by atoms with Gasteiger partial charge in [0, 0.05) is 0 Å². The second-order valence-corrected chi connectivity index (χ2v) is 8.89. The molecule has 0 radical (unpaired) electrons. The van der Waals surface area contributed by atoms with Gasteiger partial charge in [0.25, 0.3) is 0 Å². The van der Waals surface area contributed by atoms with Gasteiger partial charge < -0.3 is 34.3 Å². The molecule has 1 fully saturated rings. The maximum absolute atomic E-state index is 11.0. The Bertz CT molecular complexity index is 1100. The van der Waals surface area contributed by atoms with Crippen LogP contribution in [0.15, 0.2) is 73.3 Å². The van der Waals surface area contributed by atoms with Gasteiger partial charge >= 0.3 is 0 Å². The van der Waals surface area contributed by atoms with Gasteiger partial charge in [0.15, 0.2) is 6.29 Å². The topological polar surface area (TPSA) is 97.6 Å². The van der Waals surface area contributed by atoms with Gasteiger partial charge in [-0.1, -0.05) is 78.9 Å². The van der Waals surface area contributed by atoms with Crippen LogP contribution in [-0.2, 0) is 18.9 Å². The molecule has 1 aliphatic heterocycles. The molecule has 0 aromatic heterocycles. The molecule has 5 rings (SSSR count). The van der Waals surface area contributed by atoms with E-state index in [-0.39, 0.29) is 13.2 Å². The van der Waals surface area contributed by atoms with Gasteiger partial charge in [0.05, 0.1) is 13.2 Å². The first kappa shape index (κ1) is 24.1. The lowest BCUT2D eigenvalue weighted by atomic mass is 9.92. The third-order valence-electron chi connectivity index (χ3n) is 6.59. The van der Waals surface area contributed by atoms with Crippen molar-refractivity contribution in [2.24, 2.45) is 0 Å². The van der Waals surface area contributed by atoms with E-state index >= 15 is 0 Å². The van der Waals surface area contributed by atoms with Crippen LogP contribution in [0.4, 0.5) is 0 Å². The van der Waals surface area contributed by atoms with Gasteiger partial charge in [-0.15, -0.1) is 6.58 Å². The first-order valence-corrected chi connectivity index (χ1v) is 11.8. The average molecular weight is 479 g/mol. The highest BCUT2D eigenvalue weighted by Gasteiger charge is 2.46. The van der Waals surface area contributed by atoms with Crippen molar-refractivity contribution < 1.29 is 34.3 Å². The normalized spacial score (nSPS) is 33.7. The summed E-state index contributed by atoms with van der Waals surface area (Å²) in [4.78, 5) is 0. The van der Waals surface area contributed by atoms with Crippen LogP contribution < -0.4 is 0 Å². The molecule has 1 heterocycles. The van der Waals surface area contributed by atoms with Gasteiger partial charge in [0.2, 0.25) is 0 Å². The maximum Gasteiger partial charge on any atom is 0.186 e. The number of hydrogen-bond donors (Lipinski definition) is 3. The Kier molecular flexibility index (Phi) is 7.27. The lowest BCUT2D eigenvalue weighted by Gasteiger charge is -2.43. The zero-order valence-electron chi connectivity index (χ0n) is 19.2. The first-order valence-electron chi connectivity index (χ1n) is 11.8. The molecule has 3 N–H and O–H groups in total. The summed E-state index contributed by atoms with van der Waals surface area (Å²) in [6.07, 6.45) is 2.03. The maximum atomic E-state index is 11.0. The Morgan fingerprint density at radius 2 is 1.37 bits per heavy atom. The van der Waals surface area contributed by atoms with Crippen molar-refractivity contribution in [2.75, 3.05) is 13.2 Å². The summed E-state index contributed by atoms with van der Waals surface area (Å²) in [6.45, 7) is 3.87. The fourth-order valence-electron chi connectivity index (χ4n) is 4.80. The quantitative estimate of drug-likeness (QED) is 0.527. The summed E-state index contributed by atoms with van der Waals surface area (Å²) in [6, 6.07) is 15.1. The molecule has 0 spiro atoms. The van der Waals surface area contributed by atoms with E-state index in [4.69, 9.17) is 18.9 Å². The second kappa shape index (κ2) is 10.6. The number of hydrogen-bond acceptors (Lipinski definition) is 7. The summed E-state index contributed by atoms with van der Waals surface area (Å²) in [5.41, 5.74) is 3.34. The Morgan fingerprint density at radius 3 is 1.94 bits per heavy atom. The summed E-state index contributed by atoms with van der Waals surface area (Å²) in [5, 5.41) is 32.8. The van der Waals surface area contributed by atoms with Crippen molar-refractivity contribution in [1.29, 1.82) is 0 Å². The second-order valence-electron chi connectivity index (χ2n) is 8.89. The van der Waals surface area contributed by atoms with Crippen molar-refractivity contribution >= 4 is 12.2 Å². The van der Waals surface area contributed by atoms with Crippen LogP contribution in [0.25, 0.3) is 12.2 Å². The van der Waals surface area contributed by atoms with Gasteiger partial charge in [-0.3, -0.25) is 0 Å². The molecular formula is C28H30O7. The van der Waals surface area contributed by atoms with Gasteiger partial charge in [-0.05, 0) is 22.3 Å². The van der Waals surface area contributed by atoms with E-state index in [0.29, 0.717) is 0 Å². The zero-order chi connectivity index (χ0) is 24.4. The van der Waals surface area contributed by atoms with Crippen LogP contribution in [0.3, 0.4) is 0 Å². The summed E-state index contributed by atoms with van der Waals surface area (Å²) >= 11 is 0. The summed E-state index contributed by atoms with van der Waals surface area (Å²) < 4.78 is 24.1. The predicted octanol–water partition coefficient (Wildman–Crippen LogP) is 2.93. The van der Waals surface area contributed by atoms with Gasteiger partial charge in [-0.2, -0.15) is 0 Å². The Balaban J connectivity index is 1.39. The van der Waals surface area contributed by atoms with Crippen molar-refractivity contribution in [1.82, 2.24) is 0 Å². The molecule has 2 aliphatic carbocycles. The minimum absolute atomic E-state index is 0.0264. The van der Waals surface area contributed by atoms with Gasteiger partial charge in [-0.25, -0.2) is 0 Å². The molecule has 35 heavy (non-hydrogen) atoms. The number of rotatable bonds is 7. The molecule has 0 unspecified atom stereocenters. The van der Waals surface area contributed by atoms with Crippen LogP contribution in [-0.4, -0.2) is 65.3 Å². The van der Waals surface area contributed by atoms with Crippen molar-refractivity contribution in [3.63, 3.8) is 0 Å². The van der Waals surface area contributed by atoms with Crippen molar-refractivity contribution in [3.05, 3.63) is 95.6 Å². The molecule has 7 nitrogen and oxygen atoms in total. The predicted molar refractivity (Wildman–Crippen MR) is 130 cm³/mol. The molecule has 1 saturated heterocycles. The highest BCUT2D eigenvalue weighted by Crippen LogP contribution is 2.36. The molecule has 2 aromatic carbocycles. The van der Waals surface area contributed by atoms with E-state index in [9.17, 15) is 15.3 Å². The largest absolute Gasteiger partial charge is 0.388 e. The highest BCUT2D eigenvalue weighted by molar-refractivity contribution is 5.59. The third-order valence-corrected chi connectivity index (χ3v) is 6.59. The molecule has 184 valence electrons. The van der Waals surface area contributed by atoms with E-state index < -0.39 is 49.0 Å². The fraction of sp³-hybridized carbons (Fsp3) is 0.357. The lowest BCUT2D eigenvalue weighted by molar-refractivity contribution is -0.302. The van der Waals surface area contributed by atoms with Crippen molar-refractivity contribution in [3.8, 4) is 0 Å². The number of benzene rings is 2. The molecule has 7 heteroatoms. The lowest BCUT2D eigenvalue weighted by Crippen LogP contribution is -2.58. The molecule has 0 bridgehead atoms. The van der Waals surface area contributed by atoms with Crippen molar-refractivity contribution in [2.45, 2.75) is 49.0 Å². The number of aliphatic hydroxyl groups is 3. The Morgan fingerprint density at radius 1 is 0.829 bits per heavy atom. The first-order chi connectivity index (χ1) is 17.1. The smallest absolute Gasteiger partial charge is 0.186 e. The average Bonchev–Trinajstić information content (AvgIpc) is 2.88. The van der Waals surface area contributed by atoms with E-state index in [1.54, 1.807) is 18.2 Å². The minimum Gasteiger partial charge on any atom is -0.388 e. The van der Waals surface area contributed by atoms with Crippen LogP contribution in [0.2, 0.25) is 0 Å². The van der Waals surface area contributed by atoms with Crippen LogP contribution in [0.1, 0.15) is 34.5 Å². The summed E-state index contributed by atoms with van der Waals surface area (Å²) in [7, 11) is 0. The Labute approximate surface area is 204 Å². The number of ether oxygens (including phenoxy) is 4. The SMILES string of the molecule is C=CCO[C@H]1OC[C@@H](O)[C@H](O[C@H]2C=Cc3ccccc3[C@@H]2O)[C@@H]1O[C@H]1C=Cc2ccccc2[C@@H]1O. The Hall–Kier alpha value is -2.62. The standard InChI is InChI=1S/C28H30O7/c1-2-15-32-28-27(35-23-14-12-18-8-4-6-10-20(18)25(23)31)26(21(29)16-33-28)34-22-13-11-17-7-3-5-9-19(17)24(22)30/h2-14,21-31H,1,15-16H2/t21-,22+,23+,24+,25+,26+,27+,28+/m1/s1. The van der Waals surface area contributed by atoms with Crippen LogP contribution in [0.5, 0.6) is 0 Å². The minimum atomic E-state index is -1.03. The van der Waals surface area contributed by atoms with Crippen LogP contribution >= 0.6 is 0 Å². The summed E-state index contributed by atoms with van der Waals surface area (Å²) in [5.74, 6) is 0. The van der Waals surface area contributed by atoms with E-state index in [1.807, 2.05) is 60.7 Å². The fourth-order valence-corrected chi connectivity index (χ4v) is 4.80. The van der Waals surface area contributed by atoms with E-state index in [2.05, 4.69) is 6.58 Å². The van der Waals surface area contributed by atoms with Gasteiger partial charge in [0.1, 0.15) is 42.7 Å². The number of aliphatic hydroxyl groups excluding tert-OH is 3. The third kappa shape index (κ3) is 4.90.